The highest BCUT2D eigenvalue weighted by Crippen LogP contribution is 2.29. The number of aryl methyl sites for hydroxylation is 1. The van der Waals surface area contributed by atoms with Crippen LogP contribution in [0, 0.1) is 17.0 Å². The molecule has 0 aliphatic rings. The average Bonchev–Trinajstić information content (AvgIpc) is 2.62. The van der Waals surface area contributed by atoms with E-state index in [0.29, 0.717) is 16.7 Å². The quantitative estimate of drug-likeness (QED) is 0.562. The minimum absolute atomic E-state index is 0.0208. The van der Waals surface area contributed by atoms with Crippen molar-refractivity contribution in [3.05, 3.63) is 99.6 Å². The minimum Gasteiger partial charge on any atom is -0.384 e. The first-order valence-electron chi connectivity index (χ1n) is 7.64. The largest absolute Gasteiger partial charge is 0.384 e. The van der Waals surface area contributed by atoms with E-state index in [1.54, 1.807) is 19.1 Å². The standard InChI is InChI=1S/C20H17NO3/c1-14-7-8-18(13-19(14)21(23)24)20(22)17-11-9-16(10-12-17)15-5-3-2-4-6-15/h2-13,20,22H,1H3/t20-/m1/s1. The second-order valence-corrected chi connectivity index (χ2v) is 5.69. The van der Waals surface area contributed by atoms with E-state index in [2.05, 4.69) is 0 Å². The fourth-order valence-corrected chi connectivity index (χ4v) is 2.67. The molecule has 0 bridgehead atoms. The third kappa shape index (κ3) is 3.19. The third-order valence-corrected chi connectivity index (χ3v) is 4.08. The van der Waals surface area contributed by atoms with Crippen molar-refractivity contribution >= 4 is 5.69 Å². The molecule has 0 aliphatic heterocycles. The van der Waals surface area contributed by atoms with Gasteiger partial charge in [-0.1, -0.05) is 66.7 Å². The van der Waals surface area contributed by atoms with Crippen LogP contribution < -0.4 is 0 Å². The van der Waals surface area contributed by atoms with Gasteiger partial charge in [-0.15, -0.1) is 0 Å². The molecule has 1 N–H and O–H groups in total. The summed E-state index contributed by atoms with van der Waals surface area (Å²) in [7, 11) is 0. The van der Waals surface area contributed by atoms with Gasteiger partial charge in [-0.05, 0) is 29.2 Å². The summed E-state index contributed by atoms with van der Waals surface area (Å²) in [4.78, 5) is 10.6. The van der Waals surface area contributed by atoms with E-state index < -0.39 is 11.0 Å². The van der Waals surface area contributed by atoms with E-state index in [0.717, 1.165) is 11.1 Å². The lowest BCUT2D eigenvalue weighted by atomic mass is 9.97. The predicted octanol–water partition coefficient (Wildman–Crippen LogP) is 4.65. The number of benzene rings is 3. The zero-order valence-corrected chi connectivity index (χ0v) is 13.2. The summed E-state index contributed by atoms with van der Waals surface area (Å²) in [5.41, 5.74) is 3.97. The van der Waals surface area contributed by atoms with E-state index >= 15 is 0 Å². The third-order valence-electron chi connectivity index (χ3n) is 4.08. The Morgan fingerprint density at radius 1 is 0.875 bits per heavy atom. The summed E-state index contributed by atoms with van der Waals surface area (Å²) in [5.74, 6) is 0. The van der Waals surface area contributed by atoms with Gasteiger partial charge in [-0.3, -0.25) is 10.1 Å². The molecular formula is C20H17NO3. The highest BCUT2D eigenvalue weighted by Gasteiger charge is 2.16. The number of rotatable bonds is 4. The Labute approximate surface area is 140 Å². The van der Waals surface area contributed by atoms with Gasteiger partial charge >= 0.3 is 0 Å². The first-order valence-corrected chi connectivity index (χ1v) is 7.64. The van der Waals surface area contributed by atoms with Crippen LogP contribution in [-0.2, 0) is 0 Å². The molecule has 0 radical (unpaired) electrons. The first-order chi connectivity index (χ1) is 11.6. The maximum Gasteiger partial charge on any atom is 0.272 e. The molecule has 4 heteroatoms. The lowest BCUT2D eigenvalue weighted by Crippen LogP contribution is -2.01. The fourth-order valence-electron chi connectivity index (χ4n) is 2.67. The van der Waals surface area contributed by atoms with Crippen LogP contribution in [0.3, 0.4) is 0 Å². The maximum atomic E-state index is 11.1. The number of hydrogen-bond donors (Lipinski definition) is 1. The molecule has 1 atom stereocenters. The highest BCUT2D eigenvalue weighted by molar-refractivity contribution is 5.63. The summed E-state index contributed by atoms with van der Waals surface area (Å²) in [5, 5.41) is 21.6. The summed E-state index contributed by atoms with van der Waals surface area (Å²) < 4.78 is 0. The van der Waals surface area contributed by atoms with Crippen molar-refractivity contribution in [2.45, 2.75) is 13.0 Å². The second kappa shape index (κ2) is 6.64. The molecule has 0 amide bonds. The summed E-state index contributed by atoms with van der Waals surface area (Å²) in [6, 6.07) is 22.4. The molecule has 0 aliphatic carbocycles. The molecule has 0 saturated heterocycles. The van der Waals surface area contributed by atoms with Crippen molar-refractivity contribution in [3.63, 3.8) is 0 Å². The smallest absolute Gasteiger partial charge is 0.272 e. The van der Waals surface area contributed by atoms with Crippen LogP contribution in [0.5, 0.6) is 0 Å². The Balaban J connectivity index is 1.89. The number of aliphatic hydroxyl groups is 1. The number of nitro benzene ring substituents is 1. The minimum atomic E-state index is -0.894. The van der Waals surface area contributed by atoms with Crippen molar-refractivity contribution in [2.24, 2.45) is 0 Å². The number of hydrogen-bond acceptors (Lipinski definition) is 3. The second-order valence-electron chi connectivity index (χ2n) is 5.69. The zero-order chi connectivity index (χ0) is 17.1. The van der Waals surface area contributed by atoms with Crippen LogP contribution in [0.1, 0.15) is 22.8 Å². The van der Waals surface area contributed by atoms with Crippen molar-refractivity contribution in [1.29, 1.82) is 0 Å². The van der Waals surface area contributed by atoms with Crippen molar-refractivity contribution < 1.29 is 10.0 Å². The molecule has 3 aromatic rings. The van der Waals surface area contributed by atoms with Crippen LogP contribution in [-0.4, -0.2) is 10.0 Å². The molecule has 0 heterocycles. The summed E-state index contributed by atoms with van der Waals surface area (Å²) in [6.45, 7) is 1.68. The van der Waals surface area contributed by atoms with Gasteiger partial charge in [0.1, 0.15) is 6.10 Å². The number of nitrogens with zero attached hydrogens (tertiary/aromatic N) is 1. The summed E-state index contributed by atoms with van der Waals surface area (Å²) >= 11 is 0. The summed E-state index contributed by atoms with van der Waals surface area (Å²) in [6.07, 6.45) is -0.894. The van der Waals surface area contributed by atoms with Crippen molar-refractivity contribution in [1.82, 2.24) is 0 Å². The van der Waals surface area contributed by atoms with E-state index in [4.69, 9.17) is 0 Å². The van der Waals surface area contributed by atoms with Gasteiger partial charge in [0.15, 0.2) is 0 Å². The molecule has 0 saturated carbocycles. The van der Waals surface area contributed by atoms with Crippen LogP contribution in [0.15, 0.2) is 72.8 Å². The first kappa shape index (κ1) is 15.9. The molecular weight excluding hydrogens is 302 g/mol. The molecule has 24 heavy (non-hydrogen) atoms. The maximum absolute atomic E-state index is 11.1. The average molecular weight is 319 g/mol. The van der Waals surface area contributed by atoms with Crippen LogP contribution in [0.4, 0.5) is 5.69 Å². The van der Waals surface area contributed by atoms with Gasteiger partial charge in [0.25, 0.3) is 5.69 Å². The van der Waals surface area contributed by atoms with Gasteiger partial charge in [-0.2, -0.15) is 0 Å². The molecule has 3 aromatic carbocycles. The Kier molecular flexibility index (Phi) is 4.40. The molecule has 0 spiro atoms. The molecule has 4 nitrogen and oxygen atoms in total. The SMILES string of the molecule is Cc1ccc([C@H](O)c2ccc(-c3ccccc3)cc2)cc1[N+](=O)[O-]. The Bertz CT molecular complexity index is 858. The van der Waals surface area contributed by atoms with Crippen LogP contribution in [0.2, 0.25) is 0 Å². The van der Waals surface area contributed by atoms with Crippen molar-refractivity contribution in [2.75, 3.05) is 0 Å². The van der Waals surface area contributed by atoms with Crippen molar-refractivity contribution in [3.8, 4) is 11.1 Å². The van der Waals surface area contributed by atoms with E-state index in [1.165, 1.54) is 6.07 Å². The lowest BCUT2D eigenvalue weighted by Gasteiger charge is -2.13. The normalized spacial score (nSPS) is 11.9. The van der Waals surface area contributed by atoms with Crippen LogP contribution in [0.25, 0.3) is 11.1 Å². The molecule has 3 rings (SSSR count). The number of aliphatic hydroxyl groups excluding tert-OH is 1. The number of nitro groups is 1. The van der Waals surface area contributed by atoms with E-state index in [-0.39, 0.29) is 5.69 Å². The van der Waals surface area contributed by atoms with Gasteiger partial charge < -0.3 is 5.11 Å². The molecule has 0 unspecified atom stereocenters. The lowest BCUT2D eigenvalue weighted by molar-refractivity contribution is -0.385. The highest BCUT2D eigenvalue weighted by atomic mass is 16.6. The predicted molar refractivity (Wildman–Crippen MR) is 93.8 cm³/mol. The Morgan fingerprint density at radius 3 is 2.08 bits per heavy atom. The zero-order valence-electron chi connectivity index (χ0n) is 13.2. The van der Waals surface area contributed by atoms with Crippen LogP contribution >= 0.6 is 0 Å². The molecule has 0 aromatic heterocycles. The van der Waals surface area contributed by atoms with E-state index in [9.17, 15) is 15.2 Å². The van der Waals surface area contributed by atoms with Gasteiger partial charge in [0.05, 0.1) is 4.92 Å². The Hall–Kier alpha value is -2.98. The van der Waals surface area contributed by atoms with Gasteiger partial charge in [0, 0.05) is 11.6 Å². The topological polar surface area (TPSA) is 63.4 Å². The monoisotopic (exact) mass is 319 g/mol. The molecule has 120 valence electrons. The molecule has 0 fully saturated rings. The van der Waals surface area contributed by atoms with Gasteiger partial charge in [0.2, 0.25) is 0 Å². The fraction of sp³-hybridized carbons (Fsp3) is 0.100. The van der Waals surface area contributed by atoms with E-state index in [1.807, 2.05) is 54.6 Å². The van der Waals surface area contributed by atoms with Gasteiger partial charge in [-0.25, -0.2) is 0 Å². The Morgan fingerprint density at radius 2 is 1.46 bits per heavy atom.